The number of amides is 1. The lowest BCUT2D eigenvalue weighted by Crippen LogP contribution is -2.46. The van der Waals surface area contributed by atoms with Crippen molar-refractivity contribution in [3.05, 3.63) is 48.0 Å². The van der Waals surface area contributed by atoms with Gasteiger partial charge in [0, 0.05) is 40.2 Å². The number of nitrogens with one attached hydrogen (secondary N) is 2. The summed E-state index contributed by atoms with van der Waals surface area (Å²) in [7, 11) is 3.55. The minimum Gasteiger partial charge on any atom is -0.359 e. The fourth-order valence-electron chi connectivity index (χ4n) is 3.76. The molecule has 27 heavy (non-hydrogen) atoms. The number of aliphatic imine (C=N–C) groups is 1. The summed E-state index contributed by atoms with van der Waals surface area (Å²) in [5.41, 5.74) is 1.33. The average Bonchev–Trinajstić information content (AvgIpc) is 2.72. The van der Waals surface area contributed by atoms with Crippen molar-refractivity contribution < 1.29 is 4.79 Å². The van der Waals surface area contributed by atoms with Crippen LogP contribution in [-0.2, 0) is 11.2 Å². The van der Waals surface area contributed by atoms with Gasteiger partial charge in [0.2, 0.25) is 5.91 Å². The van der Waals surface area contributed by atoms with Crippen molar-refractivity contribution in [1.29, 1.82) is 0 Å². The highest BCUT2D eigenvalue weighted by atomic mass is 16.1. The van der Waals surface area contributed by atoms with Crippen LogP contribution in [0.3, 0.4) is 0 Å². The van der Waals surface area contributed by atoms with Crippen LogP contribution < -0.4 is 10.6 Å². The Morgan fingerprint density at radius 2 is 1.89 bits per heavy atom. The van der Waals surface area contributed by atoms with Gasteiger partial charge in [-0.2, -0.15) is 0 Å². The third-order valence-corrected chi connectivity index (χ3v) is 5.39. The maximum Gasteiger partial charge on any atom is 0.220 e. The zero-order valence-corrected chi connectivity index (χ0v) is 16.4. The van der Waals surface area contributed by atoms with Crippen molar-refractivity contribution in [2.45, 2.75) is 25.7 Å². The van der Waals surface area contributed by atoms with Crippen LogP contribution >= 0.6 is 0 Å². The first-order valence-corrected chi connectivity index (χ1v) is 9.83. The highest BCUT2D eigenvalue weighted by Crippen LogP contribution is 2.20. The highest BCUT2D eigenvalue weighted by Gasteiger charge is 2.22. The van der Waals surface area contributed by atoms with E-state index in [1.165, 1.54) is 16.3 Å². The van der Waals surface area contributed by atoms with E-state index in [9.17, 15) is 4.79 Å². The smallest absolute Gasteiger partial charge is 0.220 e. The Morgan fingerprint density at radius 1 is 1.15 bits per heavy atom. The van der Waals surface area contributed by atoms with Crippen molar-refractivity contribution >= 4 is 22.6 Å². The van der Waals surface area contributed by atoms with Gasteiger partial charge in [-0.15, -0.1) is 0 Å². The third-order valence-electron chi connectivity index (χ3n) is 5.39. The van der Waals surface area contributed by atoms with Gasteiger partial charge in [0.25, 0.3) is 0 Å². The van der Waals surface area contributed by atoms with Gasteiger partial charge in [0.15, 0.2) is 5.96 Å². The largest absolute Gasteiger partial charge is 0.359 e. The molecule has 0 bridgehead atoms. The molecule has 1 heterocycles. The van der Waals surface area contributed by atoms with E-state index in [4.69, 9.17) is 0 Å². The number of benzene rings is 2. The Balaban J connectivity index is 1.47. The Bertz CT molecular complexity index is 794. The number of rotatable bonds is 5. The number of carbonyl (C=O) groups is 1. The lowest BCUT2D eigenvalue weighted by atomic mass is 9.93. The molecule has 3 rings (SSSR count). The number of nitrogens with zero attached hydrogens (tertiary/aromatic N) is 2. The number of guanidine groups is 1. The summed E-state index contributed by atoms with van der Waals surface area (Å²) in [6.45, 7) is 2.78. The fraction of sp³-hybridized carbons (Fsp3) is 0.455. The van der Waals surface area contributed by atoms with E-state index in [0.29, 0.717) is 12.3 Å². The second-order valence-electron chi connectivity index (χ2n) is 7.21. The van der Waals surface area contributed by atoms with E-state index in [0.717, 1.165) is 44.9 Å². The van der Waals surface area contributed by atoms with Crippen LogP contribution in [0.1, 0.15) is 24.8 Å². The molecule has 1 aliphatic rings. The quantitative estimate of drug-likeness (QED) is 0.632. The molecule has 2 N–H and O–H groups in total. The predicted molar refractivity (Wildman–Crippen MR) is 112 cm³/mol. The Labute approximate surface area is 161 Å². The highest BCUT2D eigenvalue weighted by molar-refractivity contribution is 5.83. The summed E-state index contributed by atoms with van der Waals surface area (Å²) in [5.74, 6) is 1.59. The topological polar surface area (TPSA) is 56.7 Å². The number of piperidine rings is 1. The van der Waals surface area contributed by atoms with Crippen molar-refractivity contribution in [2.75, 3.05) is 33.7 Å². The normalized spacial score (nSPS) is 15.8. The van der Waals surface area contributed by atoms with Gasteiger partial charge in [0.1, 0.15) is 0 Å². The predicted octanol–water partition coefficient (Wildman–Crippen LogP) is 2.81. The molecule has 2 aromatic carbocycles. The van der Waals surface area contributed by atoms with Crippen LogP contribution in [0, 0.1) is 5.92 Å². The number of hydrogen-bond acceptors (Lipinski definition) is 2. The molecule has 0 saturated carbocycles. The summed E-state index contributed by atoms with van der Waals surface area (Å²) in [6, 6.07) is 15.1. The molecular weight excluding hydrogens is 336 g/mol. The summed E-state index contributed by atoms with van der Waals surface area (Å²) in [6.07, 6.45) is 3.69. The Hall–Kier alpha value is -2.56. The molecule has 1 saturated heterocycles. The summed E-state index contributed by atoms with van der Waals surface area (Å²) < 4.78 is 0. The number of carbonyl (C=O) groups excluding carboxylic acids is 1. The molecule has 1 fully saturated rings. The Kier molecular flexibility index (Phi) is 6.69. The molecule has 1 amide bonds. The maximum atomic E-state index is 11.5. The standard InChI is InChI=1S/C22H30N4O/c1-23-21(27)16-18-10-13-26(14-11-18)22(24-2)25-12-9-17-7-8-19-5-3-4-6-20(19)15-17/h3-8,15,18H,9-14,16H2,1-2H3,(H,23,27)(H,24,25). The Morgan fingerprint density at radius 3 is 2.59 bits per heavy atom. The summed E-state index contributed by atoms with van der Waals surface area (Å²) in [5, 5.41) is 8.79. The second-order valence-corrected chi connectivity index (χ2v) is 7.21. The first kappa shape index (κ1) is 19.2. The number of fused-ring (bicyclic) bond motifs is 1. The van der Waals surface area contributed by atoms with Crippen LogP contribution in [0.2, 0.25) is 0 Å². The second kappa shape index (κ2) is 9.40. The molecule has 0 spiro atoms. The molecule has 0 radical (unpaired) electrons. The van der Waals surface area contributed by atoms with Crippen LogP contribution in [0.15, 0.2) is 47.5 Å². The average molecular weight is 367 g/mol. The molecule has 2 aromatic rings. The molecule has 5 heteroatoms. The van der Waals surface area contributed by atoms with Crippen molar-refractivity contribution in [3.63, 3.8) is 0 Å². The first-order valence-electron chi connectivity index (χ1n) is 9.83. The SMILES string of the molecule is CN=C(NCCc1ccc2ccccc2c1)N1CCC(CC(=O)NC)CC1. The third kappa shape index (κ3) is 5.22. The van der Waals surface area contributed by atoms with Gasteiger partial charge in [-0.3, -0.25) is 9.79 Å². The number of likely N-dealkylation sites (tertiary alicyclic amines) is 1. The molecular formula is C22H30N4O. The van der Waals surface area contributed by atoms with Gasteiger partial charge in [0.05, 0.1) is 0 Å². The summed E-state index contributed by atoms with van der Waals surface area (Å²) >= 11 is 0. The molecule has 5 nitrogen and oxygen atoms in total. The zero-order chi connectivity index (χ0) is 19.1. The van der Waals surface area contributed by atoms with Gasteiger partial charge in [-0.1, -0.05) is 42.5 Å². The molecule has 0 atom stereocenters. The van der Waals surface area contributed by atoms with Crippen molar-refractivity contribution in [2.24, 2.45) is 10.9 Å². The lowest BCUT2D eigenvalue weighted by molar-refractivity contribution is -0.121. The minimum atomic E-state index is 0.145. The molecule has 0 unspecified atom stereocenters. The van der Waals surface area contributed by atoms with E-state index in [1.807, 2.05) is 7.05 Å². The monoisotopic (exact) mass is 366 g/mol. The molecule has 0 aromatic heterocycles. The van der Waals surface area contributed by atoms with Gasteiger partial charge in [-0.25, -0.2) is 0 Å². The van der Waals surface area contributed by atoms with E-state index < -0.39 is 0 Å². The molecule has 1 aliphatic heterocycles. The molecule has 0 aliphatic carbocycles. The number of hydrogen-bond donors (Lipinski definition) is 2. The van der Waals surface area contributed by atoms with Crippen LogP contribution in [-0.4, -0.2) is 50.5 Å². The van der Waals surface area contributed by atoms with Gasteiger partial charge >= 0.3 is 0 Å². The maximum absolute atomic E-state index is 11.5. The van der Waals surface area contributed by atoms with E-state index >= 15 is 0 Å². The van der Waals surface area contributed by atoms with Crippen LogP contribution in [0.4, 0.5) is 0 Å². The first-order chi connectivity index (χ1) is 13.2. The van der Waals surface area contributed by atoms with Gasteiger partial charge in [-0.05, 0) is 41.5 Å². The van der Waals surface area contributed by atoms with Crippen LogP contribution in [0.25, 0.3) is 10.8 Å². The van der Waals surface area contributed by atoms with Crippen molar-refractivity contribution in [3.8, 4) is 0 Å². The van der Waals surface area contributed by atoms with E-state index in [-0.39, 0.29) is 5.91 Å². The summed E-state index contributed by atoms with van der Waals surface area (Å²) in [4.78, 5) is 18.3. The fourth-order valence-corrected chi connectivity index (χ4v) is 3.76. The minimum absolute atomic E-state index is 0.145. The zero-order valence-electron chi connectivity index (χ0n) is 16.4. The van der Waals surface area contributed by atoms with Crippen molar-refractivity contribution in [1.82, 2.24) is 15.5 Å². The van der Waals surface area contributed by atoms with E-state index in [2.05, 4.69) is 63.0 Å². The van der Waals surface area contributed by atoms with Gasteiger partial charge < -0.3 is 15.5 Å². The lowest BCUT2D eigenvalue weighted by Gasteiger charge is -2.34. The van der Waals surface area contributed by atoms with E-state index in [1.54, 1.807) is 7.05 Å². The van der Waals surface area contributed by atoms with Crippen LogP contribution in [0.5, 0.6) is 0 Å². The molecule has 144 valence electrons.